The van der Waals surface area contributed by atoms with Crippen molar-refractivity contribution in [2.24, 2.45) is 0 Å². The van der Waals surface area contributed by atoms with Crippen LogP contribution in [-0.4, -0.2) is 0 Å². The Bertz CT molecular complexity index is 276. The fourth-order valence-corrected chi connectivity index (χ4v) is 0.766. The van der Waals surface area contributed by atoms with Crippen molar-refractivity contribution in [3.63, 3.8) is 0 Å². The minimum Gasteiger partial charge on any atom is -0.286 e. The summed E-state index contributed by atoms with van der Waals surface area (Å²) in [5.41, 5.74) is 0.0173. The molecule has 0 amide bonds. The fourth-order valence-electron chi connectivity index (χ4n) is 0.766. The van der Waals surface area contributed by atoms with Crippen molar-refractivity contribution in [2.45, 2.75) is 19.8 Å². The summed E-state index contributed by atoms with van der Waals surface area (Å²) >= 11 is 0. The zero-order valence-electron chi connectivity index (χ0n) is 5.47. The van der Waals surface area contributed by atoms with Gasteiger partial charge in [0.1, 0.15) is 0 Å². The van der Waals surface area contributed by atoms with Gasteiger partial charge in [-0.15, -0.1) is 0 Å². The minimum atomic E-state index is -0.348. The van der Waals surface area contributed by atoms with Gasteiger partial charge in [-0.3, -0.25) is 9.59 Å². The van der Waals surface area contributed by atoms with Crippen molar-refractivity contribution in [1.29, 1.82) is 0 Å². The van der Waals surface area contributed by atoms with Gasteiger partial charge in [-0.05, 0) is 12.0 Å². The highest BCUT2D eigenvalue weighted by Gasteiger charge is 2.11. The molecular weight excluding hydrogens is 116 g/mol. The van der Waals surface area contributed by atoms with Gasteiger partial charge < -0.3 is 0 Å². The first kappa shape index (κ1) is 6.20. The van der Waals surface area contributed by atoms with Crippen LogP contribution in [0, 0.1) is 0 Å². The Morgan fingerprint density at radius 1 is 1.33 bits per heavy atom. The van der Waals surface area contributed by atoms with Crippen LogP contribution in [0.1, 0.15) is 25.3 Å². The van der Waals surface area contributed by atoms with E-state index in [0.29, 0.717) is 5.56 Å². The van der Waals surface area contributed by atoms with Crippen LogP contribution in [-0.2, 0) is 0 Å². The molecule has 0 saturated heterocycles. The van der Waals surface area contributed by atoms with Gasteiger partial charge in [-0.2, -0.15) is 0 Å². The second-order valence-electron chi connectivity index (χ2n) is 2.45. The van der Waals surface area contributed by atoms with Gasteiger partial charge in [0, 0.05) is 5.56 Å². The van der Waals surface area contributed by atoms with E-state index in [1.807, 2.05) is 13.8 Å². The molecule has 0 fully saturated rings. The van der Waals surface area contributed by atoms with E-state index in [9.17, 15) is 9.59 Å². The molecule has 1 aromatic rings. The molecule has 0 aliphatic rings. The molecule has 0 aliphatic carbocycles. The van der Waals surface area contributed by atoms with Gasteiger partial charge in [0.2, 0.25) is 10.9 Å². The summed E-state index contributed by atoms with van der Waals surface area (Å²) < 4.78 is 0. The predicted molar refractivity (Wildman–Crippen MR) is 35.4 cm³/mol. The molecule has 2 heteroatoms. The second kappa shape index (κ2) is 1.79. The van der Waals surface area contributed by atoms with E-state index >= 15 is 0 Å². The average Bonchev–Trinajstić information content (AvgIpc) is 1.81. The van der Waals surface area contributed by atoms with Crippen LogP contribution in [0.5, 0.6) is 0 Å². The third kappa shape index (κ3) is 0.803. The van der Waals surface area contributed by atoms with Crippen molar-refractivity contribution in [3.05, 3.63) is 32.1 Å². The lowest BCUT2D eigenvalue weighted by Gasteiger charge is -2.02. The maximum Gasteiger partial charge on any atom is 0.229 e. The van der Waals surface area contributed by atoms with E-state index in [4.69, 9.17) is 0 Å². The van der Waals surface area contributed by atoms with Crippen molar-refractivity contribution in [2.75, 3.05) is 0 Å². The molecule has 48 valence electrons. The van der Waals surface area contributed by atoms with Gasteiger partial charge in [0.25, 0.3) is 0 Å². The molecule has 0 heterocycles. The normalized spacial score (nSPS) is 11.0. The minimum absolute atomic E-state index is 0.204. The van der Waals surface area contributed by atoms with Crippen LogP contribution in [0.3, 0.4) is 0 Å². The Hall–Kier alpha value is -0.920. The van der Waals surface area contributed by atoms with E-state index in [2.05, 4.69) is 0 Å². The highest BCUT2D eigenvalue weighted by atomic mass is 16.2. The maximum atomic E-state index is 10.6. The van der Waals surface area contributed by atoms with Crippen LogP contribution >= 0.6 is 0 Å². The van der Waals surface area contributed by atoms with Crippen LogP contribution in [0.15, 0.2) is 15.7 Å². The van der Waals surface area contributed by atoms with Crippen molar-refractivity contribution >= 4 is 0 Å². The number of rotatable bonds is 1. The molecule has 0 bridgehead atoms. The topological polar surface area (TPSA) is 34.1 Å². The number of hydrogen-bond acceptors (Lipinski definition) is 2. The molecule has 0 spiro atoms. The third-order valence-corrected chi connectivity index (χ3v) is 1.39. The molecular formula is C7H8O2. The molecule has 9 heavy (non-hydrogen) atoms. The van der Waals surface area contributed by atoms with E-state index in [1.165, 1.54) is 6.07 Å². The molecule has 0 atom stereocenters. The Balaban J connectivity index is 3.06. The summed E-state index contributed by atoms with van der Waals surface area (Å²) in [6, 6.07) is 1.41. The Morgan fingerprint density at radius 2 is 1.89 bits per heavy atom. The van der Waals surface area contributed by atoms with Crippen molar-refractivity contribution < 1.29 is 0 Å². The first-order valence-electron chi connectivity index (χ1n) is 2.93. The lowest BCUT2D eigenvalue weighted by Crippen LogP contribution is -2.34. The Labute approximate surface area is 52.8 Å². The summed E-state index contributed by atoms with van der Waals surface area (Å²) in [5.74, 6) is 0.204. The molecule has 0 saturated carbocycles. The summed E-state index contributed by atoms with van der Waals surface area (Å²) in [5, 5.41) is 0. The summed E-state index contributed by atoms with van der Waals surface area (Å²) in [6.07, 6.45) is 0. The zero-order valence-corrected chi connectivity index (χ0v) is 5.47. The maximum absolute atomic E-state index is 10.6. The van der Waals surface area contributed by atoms with Crippen LogP contribution in [0.4, 0.5) is 0 Å². The molecule has 0 N–H and O–H groups in total. The lowest BCUT2D eigenvalue weighted by molar-refractivity contribution is 0.841. The van der Waals surface area contributed by atoms with Crippen LogP contribution in [0.25, 0.3) is 0 Å². The standard InChI is InChI=1S/C7H8O2/c1-4(2)5-3-6(8)7(5)9/h3-4H,1-2H3. The summed E-state index contributed by atoms with van der Waals surface area (Å²) in [7, 11) is 0. The molecule has 2 nitrogen and oxygen atoms in total. The molecule has 0 radical (unpaired) electrons. The molecule has 0 unspecified atom stereocenters. The number of hydrogen-bond donors (Lipinski definition) is 0. The largest absolute Gasteiger partial charge is 0.286 e. The first-order valence-corrected chi connectivity index (χ1v) is 2.93. The monoisotopic (exact) mass is 124 g/mol. The van der Waals surface area contributed by atoms with E-state index in [0.717, 1.165) is 0 Å². The molecule has 1 rings (SSSR count). The van der Waals surface area contributed by atoms with E-state index in [-0.39, 0.29) is 16.8 Å². The third-order valence-electron chi connectivity index (χ3n) is 1.39. The summed E-state index contributed by atoms with van der Waals surface area (Å²) in [4.78, 5) is 20.9. The van der Waals surface area contributed by atoms with Crippen LogP contribution in [0.2, 0.25) is 0 Å². The highest BCUT2D eigenvalue weighted by molar-refractivity contribution is 5.22. The summed E-state index contributed by atoms with van der Waals surface area (Å²) in [6.45, 7) is 3.80. The zero-order chi connectivity index (χ0) is 7.02. The SMILES string of the molecule is CC(C)c1cc(=O)c1=O. The molecule has 0 aromatic heterocycles. The fraction of sp³-hybridized carbons (Fsp3) is 0.429. The lowest BCUT2D eigenvalue weighted by atomic mass is 10.00. The van der Waals surface area contributed by atoms with Gasteiger partial charge in [-0.25, -0.2) is 0 Å². The Morgan fingerprint density at radius 3 is 2.00 bits per heavy atom. The first-order chi connectivity index (χ1) is 4.13. The van der Waals surface area contributed by atoms with Gasteiger partial charge in [-0.1, -0.05) is 13.8 Å². The van der Waals surface area contributed by atoms with Crippen molar-refractivity contribution in [3.8, 4) is 0 Å². The van der Waals surface area contributed by atoms with E-state index in [1.54, 1.807) is 0 Å². The molecule has 1 aromatic carbocycles. The quantitative estimate of drug-likeness (QED) is 0.508. The predicted octanol–water partition coefficient (Wildman–Crippen LogP) is 0.406. The highest BCUT2D eigenvalue weighted by Crippen LogP contribution is 2.06. The van der Waals surface area contributed by atoms with Crippen molar-refractivity contribution in [1.82, 2.24) is 0 Å². The van der Waals surface area contributed by atoms with Gasteiger partial charge in [0.05, 0.1) is 0 Å². The second-order valence-corrected chi connectivity index (χ2v) is 2.45. The Kier molecular flexibility index (Phi) is 1.24. The van der Waals surface area contributed by atoms with E-state index < -0.39 is 0 Å². The average molecular weight is 124 g/mol. The van der Waals surface area contributed by atoms with Crippen LogP contribution < -0.4 is 10.9 Å². The smallest absolute Gasteiger partial charge is 0.229 e. The van der Waals surface area contributed by atoms with Gasteiger partial charge in [0.15, 0.2) is 0 Å². The molecule has 0 aliphatic heterocycles. The van der Waals surface area contributed by atoms with Gasteiger partial charge >= 0.3 is 0 Å².